The van der Waals surface area contributed by atoms with Crippen LogP contribution in [0.15, 0.2) is 24.3 Å². The van der Waals surface area contributed by atoms with Gasteiger partial charge >= 0.3 is 0 Å². The third kappa shape index (κ3) is 2.81. The highest BCUT2D eigenvalue weighted by Gasteiger charge is 2.22. The summed E-state index contributed by atoms with van der Waals surface area (Å²) in [6.07, 6.45) is 5.01. The second-order valence-electron chi connectivity index (χ2n) is 4.88. The number of benzene rings is 1. The summed E-state index contributed by atoms with van der Waals surface area (Å²) in [5.41, 5.74) is 3.00. The quantitative estimate of drug-likeness (QED) is 0.840. The van der Waals surface area contributed by atoms with Crippen molar-refractivity contribution >= 4 is 5.69 Å². The lowest BCUT2D eigenvalue weighted by Crippen LogP contribution is -2.40. The first-order chi connectivity index (χ1) is 8.36. The summed E-state index contributed by atoms with van der Waals surface area (Å²) in [5.74, 6) is 0. The molecule has 94 valence electrons. The summed E-state index contributed by atoms with van der Waals surface area (Å²) in [4.78, 5) is 2.62. The fourth-order valence-corrected chi connectivity index (χ4v) is 2.83. The van der Waals surface area contributed by atoms with Crippen molar-refractivity contribution in [1.29, 1.82) is 0 Å². The fourth-order valence-electron chi connectivity index (χ4n) is 2.83. The maximum atomic E-state index is 3.27. The maximum absolute atomic E-state index is 3.27. The highest BCUT2D eigenvalue weighted by Crippen LogP contribution is 2.29. The van der Waals surface area contributed by atoms with E-state index in [0.29, 0.717) is 6.04 Å². The average Bonchev–Trinajstić information content (AvgIpc) is 2.40. The smallest absolute Gasteiger partial charge is 0.0401 e. The molecule has 1 aromatic carbocycles. The number of para-hydroxylation sites is 1. The van der Waals surface area contributed by atoms with Crippen molar-refractivity contribution in [1.82, 2.24) is 5.32 Å². The molecule has 1 aromatic rings. The number of nitrogens with zero attached hydrogens (tertiary/aromatic N) is 1. The van der Waals surface area contributed by atoms with E-state index in [2.05, 4.69) is 41.4 Å². The van der Waals surface area contributed by atoms with E-state index in [1.165, 1.54) is 43.5 Å². The minimum absolute atomic E-state index is 0.684. The Morgan fingerprint density at radius 1 is 1.35 bits per heavy atom. The lowest BCUT2D eigenvalue weighted by atomic mass is 9.98. The van der Waals surface area contributed by atoms with E-state index in [4.69, 9.17) is 0 Å². The summed E-state index contributed by atoms with van der Waals surface area (Å²) >= 11 is 0. The van der Waals surface area contributed by atoms with E-state index >= 15 is 0 Å². The molecule has 0 aromatic heterocycles. The Kier molecular flexibility index (Phi) is 4.43. The van der Waals surface area contributed by atoms with Crippen LogP contribution in [0.3, 0.4) is 0 Å². The molecule has 1 atom stereocenters. The molecule has 0 saturated heterocycles. The van der Waals surface area contributed by atoms with Crippen LogP contribution >= 0.6 is 0 Å². The van der Waals surface area contributed by atoms with E-state index < -0.39 is 0 Å². The normalized spacial score (nSPS) is 16.7. The van der Waals surface area contributed by atoms with Gasteiger partial charge < -0.3 is 10.2 Å². The van der Waals surface area contributed by atoms with Crippen LogP contribution in [0.5, 0.6) is 0 Å². The Hall–Kier alpha value is -1.02. The van der Waals surface area contributed by atoms with Crippen LogP contribution in [-0.4, -0.2) is 26.2 Å². The zero-order chi connectivity index (χ0) is 12.1. The number of nitrogens with one attached hydrogen (secondary N) is 1. The number of hydrogen-bond acceptors (Lipinski definition) is 2. The number of aryl methyl sites for hydroxylation is 1. The Labute approximate surface area is 105 Å². The summed E-state index contributed by atoms with van der Waals surface area (Å²) in [6, 6.07) is 9.59. The second-order valence-corrected chi connectivity index (χ2v) is 4.88. The maximum Gasteiger partial charge on any atom is 0.0401 e. The molecule has 0 aliphatic carbocycles. The molecule has 1 heterocycles. The number of rotatable bonds is 5. The molecule has 1 N–H and O–H groups in total. The van der Waals surface area contributed by atoms with Crippen LogP contribution in [0.25, 0.3) is 0 Å². The molecule has 2 heteroatoms. The van der Waals surface area contributed by atoms with Crippen molar-refractivity contribution < 1.29 is 0 Å². The lowest BCUT2D eigenvalue weighted by Gasteiger charge is -2.37. The van der Waals surface area contributed by atoms with E-state index in [0.717, 1.165) is 6.54 Å². The summed E-state index contributed by atoms with van der Waals surface area (Å²) in [5, 5.41) is 3.27. The molecular weight excluding hydrogens is 208 g/mol. The van der Waals surface area contributed by atoms with Crippen LogP contribution in [0.4, 0.5) is 5.69 Å². The van der Waals surface area contributed by atoms with Gasteiger partial charge in [-0.05, 0) is 50.9 Å². The van der Waals surface area contributed by atoms with Gasteiger partial charge in [0.05, 0.1) is 0 Å². The molecule has 17 heavy (non-hydrogen) atoms. The Morgan fingerprint density at radius 2 is 2.18 bits per heavy atom. The van der Waals surface area contributed by atoms with Gasteiger partial charge in [0, 0.05) is 18.3 Å². The van der Waals surface area contributed by atoms with Gasteiger partial charge in [-0.3, -0.25) is 0 Å². The molecule has 2 nitrogen and oxygen atoms in total. The Bertz CT molecular complexity index is 349. The van der Waals surface area contributed by atoms with Gasteiger partial charge in [-0.25, -0.2) is 0 Å². The molecule has 0 amide bonds. The standard InChI is InChI=1S/C15H24N2/c1-3-14(10-11-16-2)17-12-6-8-13-7-4-5-9-15(13)17/h4-5,7,9,14,16H,3,6,8,10-12H2,1-2H3. The van der Waals surface area contributed by atoms with Gasteiger partial charge in [0.1, 0.15) is 0 Å². The Balaban J connectivity index is 2.15. The van der Waals surface area contributed by atoms with Gasteiger partial charge in [-0.15, -0.1) is 0 Å². The third-order valence-corrected chi connectivity index (χ3v) is 3.79. The summed E-state index contributed by atoms with van der Waals surface area (Å²) in [6.45, 7) is 4.63. The van der Waals surface area contributed by atoms with Crippen LogP contribution in [0.1, 0.15) is 31.7 Å². The first-order valence-corrected chi connectivity index (χ1v) is 6.86. The van der Waals surface area contributed by atoms with Gasteiger partial charge in [-0.1, -0.05) is 25.1 Å². The van der Waals surface area contributed by atoms with Crippen LogP contribution in [-0.2, 0) is 6.42 Å². The third-order valence-electron chi connectivity index (χ3n) is 3.79. The molecule has 0 fully saturated rings. The zero-order valence-corrected chi connectivity index (χ0v) is 11.1. The van der Waals surface area contributed by atoms with Gasteiger partial charge in [0.25, 0.3) is 0 Å². The topological polar surface area (TPSA) is 15.3 Å². The van der Waals surface area contributed by atoms with Gasteiger partial charge in [0.2, 0.25) is 0 Å². The van der Waals surface area contributed by atoms with Crippen LogP contribution in [0.2, 0.25) is 0 Å². The molecule has 2 rings (SSSR count). The molecular formula is C15H24N2. The zero-order valence-electron chi connectivity index (χ0n) is 11.1. The highest BCUT2D eigenvalue weighted by molar-refractivity contribution is 5.56. The summed E-state index contributed by atoms with van der Waals surface area (Å²) < 4.78 is 0. The molecule has 0 radical (unpaired) electrons. The minimum Gasteiger partial charge on any atom is -0.368 e. The van der Waals surface area contributed by atoms with Gasteiger partial charge in [0.15, 0.2) is 0 Å². The average molecular weight is 232 g/mol. The molecule has 1 aliphatic rings. The van der Waals surface area contributed by atoms with E-state index in [1.807, 2.05) is 7.05 Å². The Morgan fingerprint density at radius 3 is 2.94 bits per heavy atom. The molecule has 0 saturated carbocycles. The van der Waals surface area contributed by atoms with Crippen molar-refractivity contribution in [3.8, 4) is 0 Å². The first kappa shape index (κ1) is 12.4. The number of anilines is 1. The van der Waals surface area contributed by atoms with Crippen molar-refractivity contribution in [3.05, 3.63) is 29.8 Å². The fraction of sp³-hybridized carbons (Fsp3) is 0.600. The van der Waals surface area contributed by atoms with Crippen LogP contribution < -0.4 is 10.2 Å². The van der Waals surface area contributed by atoms with Crippen LogP contribution in [0, 0.1) is 0 Å². The highest BCUT2D eigenvalue weighted by atomic mass is 15.2. The van der Waals surface area contributed by atoms with E-state index in [-0.39, 0.29) is 0 Å². The largest absolute Gasteiger partial charge is 0.368 e. The van der Waals surface area contributed by atoms with Crippen molar-refractivity contribution in [3.63, 3.8) is 0 Å². The van der Waals surface area contributed by atoms with Crippen molar-refractivity contribution in [2.45, 2.75) is 38.6 Å². The molecule has 0 spiro atoms. The minimum atomic E-state index is 0.684. The number of hydrogen-bond donors (Lipinski definition) is 1. The predicted octanol–water partition coefficient (Wildman–Crippen LogP) is 2.83. The second kappa shape index (κ2) is 6.06. The molecule has 1 unspecified atom stereocenters. The SMILES string of the molecule is CCC(CCNC)N1CCCc2ccccc21. The monoisotopic (exact) mass is 232 g/mol. The van der Waals surface area contributed by atoms with E-state index in [1.54, 1.807) is 0 Å². The van der Waals surface area contributed by atoms with Crippen molar-refractivity contribution in [2.24, 2.45) is 0 Å². The van der Waals surface area contributed by atoms with Crippen molar-refractivity contribution in [2.75, 3.05) is 25.0 Å². The number of fused-ring (bicyclic) bond motifs is 1. The first-order valence-electron chi connectivity index (χ1n) is 6.86. The van der Waals surface area contributed by atoms with E-state index in [9.17, 15) is 0 Å². The lowest BCUT2D eigenvalue weighted by molar-refractivity contribution is 0.505. The molecule has 1 aliphatic heterocycles. The van der Waals surface area contributed by atoms with Gasteiger partial charge in [-0.2, -0.15) is 0 Å². The predicted molar refractivity (Wildman–Crippen MR) is 74.7 cm³/mol. The summed E-state index contributed by atoms with van der Waals surface area (Å²) in [7, 11) is 2.04. The molecule has 0 bridgehead atoms.